The summed E-state index contributed by atoms with van der Waals surface area (Å²) in [5.41, 5.74) is 11.6. The number of nitrogens with zero attached hydrogens (tertiary/aromatic N) is 2. The van der Waals surface area contributed by atoms with Gasteiger partial charge in [-0.05, 0) is 40.5 Å². The summed E-state index contributed by atoms with van der Waals surface area (Å²) in [6.45, 7) is 0. The second-order valence-electron chi connectivity index (χ2n) is 8.77. The molecule has 2 heteroatoms. The Kier molecular flexibility index (Phi) is 2.96. The van der Waals surface area contributed by atoms with E-state index in [2.05, 4.69) is 95.4 Å². The van der Waals surface area contributed by atoms with E-state index in [4.69, 9.17) is 4.98 Å². The highest BCUT2D eigenvalue weighted by Crippen LogP contribution is 2.45. The van der Waals surface area contributed by atoms with E-state index in [1.807, 2.05) is 6.20 Å². The van der Waals surface area contributed by atoms with E-state index in [0.29, 0.717) is 0 Å². The highest BCUT2D eigenvalue weighted by molar-refractivity contribution is 6.25. The lowest BCUT2D eigenvalue weighted by atomic mass is 9.97. The molecule has 2 nitrogen and oxygen atoms in total. The number of hydrogen-bond donors (Lipinski definition) is 0. The van der Waals surface area contributed by atoms with E-state index in [-0.39, 0.29) is 0 Å². The normalized spacial score (nSPS) is 12.9. The predicted octanol–water partition coefficient (Wildman–Crippen LogP) is 7.47. The fourth-order valence-electron chi connectivity index (χ4n) is 5.96. The lowest BCUT2D eigenvalue weighted by molar-refractivity contribution is 1.21. The van der Waals surface area contributed by atoms with E-state index in [1.165, 1.54) is 65.9 Å². The average molecular weight is 406 g/mol. The molecule has 0 fully saturated rings. The second-order valence-corrected chi connectivity index (χ2v) is 8.77. The van der Waals surface area contributed by atoms with Crippen molar-refractivity contribution >= 4 is 38.1 Å². The summed E-state index contributed by atoms with van der Waals surface area (Å²) >= 11 is 0. The Morgan fingerprint density at radius 3 is 2.34 bits per heavy atom. The number of rotatable bonds is 1. The van der Waals surface area contributed by atoms with E-state index in [9.17, 15) is 0 Å². The van der Waals surface area contributed by atoms with Crippen molar-refractivity contribution in [3.63, 3.8) is 0 Å². The Morgan fingerprint density at radius 1 is 0.594 bits per heavy atom. The van der Waals surface area contributed by atoms with Crippen LogP contribution in [-0.4, -0.2) is 9.38 Å². The highest BCUT2D eigenvalue weighted by Gasteiger charge is 2.25. The molecule has 0 saturated heterocycles. The number of hydrogen-bond acceptors (Lipinski definition) is 1. The summed E-state index contributed by atoms with van der Waals surface area (Å²) in [4.78, 5) is 4.95. The fourth-order valence-corrected chi connectivity index (χ4v) is 5.96. The molecular weight excluding hydrogens is 388 g/mol. The van der Waals surface area contributed by atoms with Crippen LogP contribution in [0.15, 0.2) is 97.2 Å². The third-order valence-electron chi connectivity index (χ3n) is 7.23. The van der Waals surface area contributed by atoms with Gasteiger partial charge in [-0.25, -0.2) is 0 Å². The number of pyridine rings is 1. The molecule has 1 aliphatic carbocycles. The molecule has 3 heterocycles. The van der Waals surface area contributed by atoms with Gasteiger partial charge in [0.15, 0.2) is 0 Å². The van der Waals surface area contributed by atoms with Crippen molar-refractivity contribution in [1.29, 1.82) is 0 Å². The van der Waals surface area contributed by atoms with Crippen molar-refractivity contribution in [1.82, 2.24) is 9.38 Å². The first-order chi connectivity index (χ1) is 15.9. The Bertz CT molecular complexity index is 1850. The fraction of sp³-hybridized carbons (Fsp3) is 0.0333. The number of benzene rings is 4. The Morgan fingerprint density at radius 2 is 1.34 bits per heavy atom. The Labute approximate surface area is 184 Å². The average Bonchev–Trinajstić information content (AvgIpc) is 3.50. The highest BCUT2D eigenvalue weighted by atomic mass is 14.9. The van der Waals surface area contributed by atoms with Crippen LogP contribution in [0.3, 0.4) is 0 Å². The molecule has 0 spiro atoms. The maximum Gasteiger partial charge on any atom is 0.0750 e. The van der Waals surface area contributed by atoms with Crippen molar-refractivity contribution in [2.24, 2.45) is 0 Å². The van der Waals surface area contributed by atoms with Crippen LogP contribution in [0.25, 0.3) is 60.5 Å². The molecule has 0 saturated carbocycles. The van der Waals surface area contributed by atoms with Gasteiger partial charge in [-0.15, -0.1) is 0 Å². The molecule has 3 aromatic heterocycles. The van der Waals surface area contributed by atoms with Crippen LogP contribution in [0.4, 0.5) is 0 Å². The Balaban J connectivity index is 1.53. The minimum absolute atomic E-state index is 0.942. The van der Waals surface area contributed by atoms with Crippen molar-refractivity contribution in [2.45, 2.75) is 6.42 Å². The summed E-state index contributed by atoms with van der Waals surface area (Å²) in [6, 6.07) is 33.0. The van der Waals surface area contributed by atoms with E-state index < -0.39 is 0 Å². The van der Waals surface area contributed by atoms with Crippen molar-refractivity contribution in [3.05, 3.63) is 108 Å². The van der Waals surface area contributed by atoms with Crippen molar-refractivity contribution in [3.8, 4) is 22.4 Å². The monoisotopic (exact) mass is 406 g/mol. The molecule has 0 radical (unpaired) electrons. The van der Waals surface area contributed by atoms with Gasteiger partial charge in [-0.2, -0.15) is 0 Å². The molecular formula is C30H18N2. The van der Waals surface area contributed by atoms with Crippen LogP contribution in [0.1, 0.15) is 11.1 Å². The second kappa shape index (κ2) is 5.74. The Hall–Kier alpha value is -4.17. The number of aromatic nitrogens is 2. The van der Waals surface area contributed by atoms with Crippen molar-refractivity contribution < 1.29 is 0 Å². The van der Waals surface area contributed by atoms with E-state index in [1.54, 1.807) is 0 Å². The lowest BCUT2D eigenvalue weighted by Gasteiger charge is -2.10. The van der Waals surface area contributed by atoms with Crippen LogP contribution in [0.5, 0.6) is 0 Å². The zero-order valence-corrected chi connectivity index (χ0v) is 17.3. The molecule has 1 aliphatic rings. The van der Waals surface area contributed by atoms with E-state index >= 15 is 0 Å². The van der Waals surface area contributed by atoms with Gasteiger partial charge in [-0.1, -0.05) is 72.8 Å². The standard InChI is InChI=1S/C30H18N2/c1-2-8-19-18(7-1)17-25-20(19)15-16-31-29(25)23-11-6-14-27-28(23)24-12-5-10-22-21-9-3-4-13-26(21)32(27)30(22)24/h1-16H,17H2. The molecule has 0 unspecified atom stereocenters. The van der Waals surface area contributed by atoms with Gasteiger partial charge in [0.25, 0.3) is 0 Å². The molecule has 0 bridgehead atoms. The number of para-hydroxylation sites is 2. The van der Waals surface area contributed by atoms with Gasteiger partial charge in [0.05, 0.1) is 22.2 Å². The molecule has 148 valence electrons. The largest absolute Gasteiger partial charge is 0.308 e. The van der Waals surface area contributed by atoms with E-state index in [0.717, 1.165) is 12.1 Å². The molecule has 8 rings (SSSR count). The SMILES string of the molecule is c1ccc2c(c1)Cc1c-2ccnc1-c1cccc2c1c1cccc3c4ccccc4n2c31. The predicted molar refractivity (Wildman–Crippen MR) is 133 cm³/mol. The van der Waals surface area contributed by atoms with Crippen LogP contribution >= 0.6 is 0 Å². The zero-order chi connectivity index (χ0) is 20.8. The summed E-state index contributed by atoms with van der Waals surface area (Å²) in [5, 5.41) is 5.24. The molecule has 0 aliphatic heterocycles. The lowest BCUT2D eigenvalue weighted by Crippen LogP contribution is -1.92. The first-order valence-corrected chi connectivity index (χ1v) is 11.1. The third kappa shape index (κ3) is 1.89. The number of fused-ring (bicyclic) bond motifs is 9. The van der Waals surface area contributed by atoms with Crippen LogP contribution in [0, 0.1) is 0 Å². The maximum atomic E-state index is 4.95. The van der Waals surface area contributed by atoms with Crippen LogP contribution in [0.2, 0.25) is 0 Å². The molecule has 0 N–H and O–H groups in total. The van der Waals surface area contributed by atoms with Gasteiger partial charge in [0.2, 0.25) is 0 Å². The van der Waals surface area contributed by atoms with Crippen LogP contribution < -0.4 is 0 Å². The maximum absolute atomic E-state index is 4.95. The van der Waals surface area contributed by atoms with Gasteiger partial charge in [-0.3, -0.25) is 4.98 Å². The summed E-state index contributed by atoms with van der Waals surface area (Å²) in [7, 11) is 0. The first kappa shape index (κ1) is 16.5. The summed E-state index contributed by atoms with van der Waals surface area (Å²) < 4.78 is 2.44. The molecule has 4 aromatic carbocycles. The molecule has 0 atom stereocenters. The van der Waals surface area contributed by atoms with Gasteiger partial charge >= 0.3 is 0 Å². The summed E-state index contributed by atoms with van der Waals surface area (Å²) in [6.07, 6.45) is 2.92. The molecule has 7 aromatic rings. The van der Waals surface area contributed by atoms with Crippen molar-refractivity contribution in [2.75, 3.05) is 0 Å². The zero-order valence-electron chi connectivity index (χ0n) is 17.3. The first-order valence-electron chi connectivity index (χ1n) is 11.1. The van der Waals surface area contributed by atoms with Gasteiger partial charge in [0.1, 0.15) is 0 Å². The summed E-state index contributed by atoms with van der Waals surface area (Å²) in [5.74, 6) is 0. The minimum atomic E-state index is 0.942. The molecule has 32 heavy (non-hydrogen) atoms. The van der Waals surface area contributed by atoms with Crippen LogP contribution in [-0.2, 0) is 6.42 Å². The molecule has 0 amide bonds. The topological polar surface area (TPSA) is 17.3 Å². The van der Waals surface area contributed by atoms with Gasteiger partial charge < -0.3 is 4.40 Å². The smallest absolute Gasteiger partial charge is 0.0750 e. The quantitative estimate of drug-likeness (QED) is 0.276. The third-order valence-corrected chi connectivity index (χ3v) is 7.23. The van der Waals surface area contributed by atoms with Gasteiger partial charge in [0, 0.05) is 39.7 Å². The minimum Gasteiger partial charge on any atom is -0.308 e.